The number of hydrogen-bond acceptors (Lipinski definition) is 3. The van der Waals surface area contributed by atoms with E-state index in [2.05, 4.69) is 26.0 Å². The third-order valence-corrected chi connectivity index (χ3v) is 3.12. The molecule has 0 aromatic heterocycles. The predicted molar refractivity (Wildman–Crippen MR) is 67.9 cm³/mol. The number of esters is 1. The van der Waals surface area contributed by atoms with Crippen LogP contribution >= 0.6 is 27.5 Å². The third kappa shape index (κ3) is 4.12. The second-order valence-corrected chi connectivity index (χ2v) is 4.73. The standard InChI is InChI=1S/C11H13BrClNO2/c1-16-11(15)9(12)7-14-6-8-4-2-3-5-10(8)13/h2-5,9,14H,6-7H2,1H3. The molecule has 88 valence electrons. The molecule has 5 heteroatoms. The molecule has 0 radical (unpaired) electrons. The SMILES string of the molecule is COC(=O)C(Br)CNCc1ccccc1Cl. The molecular formula is C11H13BrClNO2. The molecule has 0 fully saturated rings. The molecule has 16 heavy (non-hydrogen) atoms. The molecular weight excluding hydrogens is 293 g/mol. The van der Waals surface area contributed by atoms with Gasteiger partial charge in [0.05, 0.1) is 7.11 Å². The van der Waals surface area contributed by atoms with Crippen LogP contribution in [-0.2, 0) is 16.1 Å². The number of carbonyl (C=O) groups is 1. The molecule has 0 saturated carbocycles. The lowest BCUT2D eigenvalue weighted by Crippen LogP contribution is -2.29. The molecule has 1 unspecified atom stereocenters. The fraction of sp³-hybridized carbons (Fsp3) is 0.364. The molecule has 1 atom stereocenters. The fourth-order valence-corrected chi connectivity index (χ4v) is 1.80. The van der Waals surface area contributed by atoms with E-state index in [0.29, 0.717) is 13.1 Å². The van der Waals surface area contributed by atoms with Gasteiger partial charge in [0.25, 0.3) is 0 Å². The molecule has 3 nitrogen and oxygen atoms in total. The monoisotopic (exact) mass is 305 g/mol. The number of benzene rings is 1. The molecule has 0 aliphatic carbocycles. The van der Waals surface area contributed by atoms with Crippen LogP contribution in [0.15, 0.2) is 24.3 Å². The van der Waals surface area contributed by atoms with Gasteiger partial charge in [-0.1, -0.05) is 45.7 Å². The first-order valence-electron chi connectivity index (χ1n) is 4.81. The van der Waals surface area contributed by atoms with Crippen molar-refractivity contribution in [3.63, 3.8) is 0 Å². The molecule has 0 aliphatic heterocycles. The summed E-state index contributed by atoms with van der Waals surface area (Å²) in [5, 5.41) is 3.85. The molecule has 0 amide bonds. The Labute approximate surface area is 108 Å². The molecule has 1 N–H and O–H groups in total. The summed E-state index contributed by atoms with van der Waals surface area (Å²) in [6, 6.07) is 7.59. The summed E-state index contributed by atoms with van der Waals surface area (Å²) < 4.78 is 4.59. The van der Waals surface area contributed by atoms with Gasteiger partial charge >= 0.3 is 5.97 Å². The van der Waals surface area contributed by atoms with Gasteiger partial charge in [-0.05, 0) is 11.6 Å². The van der Waals surface area contributed by atoms with Crippen LogP contribution in [0.4, 0.5) is 0 Å². The molecule has 1 rings (SSSR count). The van der Waals surface area contributed by atoms with Gasteiger partial charge in [-0.15, -0.1) is 0 Å². The number of alkyl halides is 1. The van der Waals surface area contributed by atoms with Crippen LogP contribution in [0.5, 0.6) is 0 Å². The van der Waals surface area contributed by atoms with Gasteiger partial charge in [-0.2, -0.15) is 0 Å². The fourth-order valence-electron chi connectivity index (χ4n) is 1.19. The Balaban J connectivity index is 2.36. The topological polar surface area (TPSA) is 38.3 Å². The Morgan fingerprint density at radius 3 is 2.88 bits per heavy atom. The van der Waals surface area contributed by atoms with Crippen molar-refractivity contribution in [1.82, 2.24) is 5.32 Å². The third-order valence-electron chi connectivity index (χ3n) is 2.05. The highest BCUT2D eigenvalue weighted by atomic mass is 79.9. The maximum atomic E-state index is 11.1. The number of ether oxygens (including phenoxy) is 1. The lowest BCUT2D eigenvalue weighted by Gasteiger charge is -2.09. The van der Waals surface area contributed by atoms with Crippen LogP contribution in [0.25, 0.3) is 0 Å². The number of nitrogens with one attached hydrogen (secondary N) is 1. The summed E-state index contributed by atoms with van der Waals surface area (Å²) in [6.07, 6.45) is 0. The number of carbonyl (C=O) groups excluding carboxylic acids is 1. The van der Waals surface area contributed by atoms with Crippen LogP contribution in [0.3, 0.4) is 0 Å². The lowest BCUT2D eigenvalue weighted by atomic mass is 10.2. The number of hydrogen-bond donors (Lipinski definition) is 1. The maximum absolute atomic E-state index is 11.1. The van der Waals surface area contributed by atoms with Crippen LogP contribution in [0.2, 0.25) is 5.02 Å². The molecule has 0 bridgehead atoms. The van der Waals surface area contributed by atoms with Crippen molar-refractivity contribution in [2.45, 2.75) is 11.4 Å². The zero-order valence-corrected chi connectivity index (χ0v) is 11.2. The number of methoxy groups -OCH3 is 1. The first-order valence-corrected chi connectivity index (χ1v) is 6.10. The van der Waals surface area contributed by atoms with E-state index in [1.54, 1.807) is 0 Å². The van der Waals surface area contributed by atoms with Crippen molar-refractivity contribution < 1.29 is 9.53 Å². The quantitative estimate of drug-likeness (QED) is 0.670. The Hall–Kier alpha value is -0.580. The van der Waals surface area contributed by atoms with Gasteiger partial charge in [0, 0.05) is 18.1 Å². The molecule has 0 saturated heterocycles. The van der Waals surface area contributed by atoms with Gasteiger partial charge < -0.3 is 10.1 Å². The van der Waals surface area contributed by atoms with E-state index in [4.69, 9.17) is 11.6 Å². The van der Waals surface area contributed by atoms with E-state index >= 15 is 0 Å². The Morgan fingerprint density at radius 2 is 2.25 bits per heavy atom. The van der Waals surface area contributed by atoms with Crippen LogP contribution in [0, 0.1) is 0 Å². The Bertz CT molecular complexity index is 360. The zero-order chi connectivity index (χ0) is 12.0. The van der Waals surface area contributed by atoms with Gasteiger partial charge in [-0.25, -0.2) is 0 Å². The molecule has 0 aliphatic rings. The summed E-state index contributed by atoms with van der Waals surface area (Å²) in [7, 11) is 1.37. The van der Waals surface area contributed by atoms with Gasteiger partial charge in [0.1, 0.15) is 4.83 Å². The van der Waals surface area contributed by atoms with Crippen LogP contribution in [0.1, 0.15) is 5.56 Å². The minimum atomic E-state index is -0.333. The minimum absolute atomic E-state index is 0.286. The van der Waals surface area contributed by atoms with E-state index in [0.717, 1.165) is 10.6 Å². The van der Waals surface area contributed by atoms with Crippen LogP contribution < -0.4 is 5.32 Å². The van der Waals surface area contributed by atoms with Gasteiger partial charge in [-0.3, -0.25) is 4.79 Å². The average molecular weight is 307 g/mol. The summed E-state index contributed by atoms with van der Waals surface area (Å²) in [6.45, 7) is 1.12. The summed E-state index contributed by atoms with van der Waals surface area (Å²) in [5.74, 6) is -0.286. The van der Waals surface area contributed by atoms with Crippen molar-refractivity contribution in [3.05, 3.63) is 34.9 Å². The first kappa shape index (κ1) is 13.5. The van der Waals surface area contributed by atoms with Crippen molar-refractivity contribution >= 4 is 33.5 Å². The minimum Gasteiger partial charge on any atom is -0.468 e. The van der Waals surface area contributed by atoms with Crippen molar-refractivity contribution in [2.75, 3.05) is 13.7 Å². The highest BCUT2D eigenvalue weighted by Gasteiger charge is 2.14. The van der Waals surface area contributed by atoms with E-state index < -0.39 is 0 Å². The van der Waals surface area contributed by atoms with Crippen LogP contribution in [-0.4, -0.2) is 24.5 Å². The van der Waals surface area contributed by atoms with E-state index in [1.165, 1.54) is 7.11 Å². The van der Waals surface area contributed by atoms with Crippen molar-refractivity contribution in [1.29, 1.82) is 0 Å². The van der Waals surface area contributed by atoms with E-state index in [-0.39, 0.29) is 10.8 Å². The summed E-state index contributed by atoms with van der Waals surface area (Å²) in [5.41, 5.74) is 1.01. The largest absolute Gasteiger partial charge is 0.468 e. The zero-order valence-electron chi connectivity index (χ0n) is 8.87. The Morgan fingerprint density at radius 1 is 1.56 bits per heavy atom. The highest BCUT2D eigenvalue weighted by Crippen LogP contribution is 2.14. The smallest absolute Gasteiger partial charge is 0.320 e. The molecule has 1 aromatic rings. The first-order chi connectivity index (χ1) is 7.65. The highest BCUT2D eigenvalue weighted by molar-refractivity contribution is 9.10. The van der Waals surface area contributed by atoms with E-state index in [9.17, 15) is 4.79 Å². The molecule has 0 heterocycles. The Kier molecular flexibility index (Phi) is 5.80. The van der Waals surface area contributed by atoms with Gasteiger partial charge in [0.15, 0.2) is 0 Å². The number of halogens is 2. The van der Waals surface area contributed by atoms with Gasteiger partial charge in [0.2, 0.25) is 0 Å². The lowest BCUT2D eigenvalue weighted by molar-refractivity contribution is -0.139. The normalized spacial score (nSPS) is 12.2. The maximum Gasteiger partial charge on any atom is 0.320 e. The molecule has 0 spiro atoms. The van der Waals surface area contributed by atoms with Crippen molar-refractivity contribution in [3.8, 4) is 0 Å². The number of rotatable bonds is 5. The second-order valence-electron chi connectivity index (χ2n) is 3.21. The van der Waals surface area contributed by atoms with Crippen molar-refractivity contribution in [2.24, 2.45) is 0 Å². The average Bonchev–Trinajstić information content (AvgIpc) is 2.30. The summed E-state index contributed by atoms with van der Waals surface area (Å²) >= 11 is 9.21. The second kappa shape index (κ2) is 6.89. The predicted octanol–water partition coefficient (Wildman–Crippen LogP) is 2.37. The summed E-state index contributed by atoms with van der Waals surface area (Å²) in [4.78, 5) is 10.8. The van der Waals surface area contributed by atoms with E-state index in [1.807, 2.05) is 24.3 Å². The molecule has 1 aromatic carbocycles.